The molecule has 0 aromatic heterocycles. The highest BCUT2D eigenvalue weighted by Crippen LogP contribution is 2.10. The minimum atomic E-state index is -3.35. The second kappa shape index (κ2) is 6.52. The fourth-order valence-electron chi connectivity index (χ4n) is 1.98. The van der Waals surface area contributed by atoms with Gasteiger partial charge in [-0.3, -0.25) is 4.79 Å². The van der Waals surface area contributed by atoms with E-state index in [1.807, 2.05) is 13.8 Å². The number of hydrogen-bond donors (Lipinski definition) is 1. The Balaban J connectivity index is 2.47. The number of likely N-dealkylation sites (tertiary alicyclic amines) is 1. The van der Waals surface area contributed by atoms with Gasteiger partial charge in [0.25, 0.3) is 0 Å². The second-order valence-electron chi connectivity index (χ2n) is 5.37. The van der Waals surface area contributed by atoms with Gasteiger partial charge in [0, 0.05) is 13.1 Å². The predicted molar refractivity (Wildman–Crippen MR) is 71.7 cm³/mol. The molecule has 1 unspecified atom stereocenters. The number of amides is 1. The average Bonchev–Trinajstić information content (AvgIpc) is 2.78. The summed E-state index contributed by atoms with van der Waals surface area (Å²) in [6.45, 7) is 7.07. The van der Waals surface area contributed by atoms with Crippen LogP contribution in [0.5, 0.6) is 0 Å². The van der Waals surface area contributed by atoms with Gasteiger partial charge in [0.1, 0.15) is 0 Å². The highest BCUT2D eigenvalue weighted by molar-refractivity contribution is 7.89. The van der Waals surface area contributed by atoms with E-state index in [0.717, 1.165) is 25.9 Å². The molecule has 106 valence electrons. The smallest absolute Gasteiger partial charge is 0.240 e. The van der Waals surface area contributed by atoms with Crippen molar-refractivity contribution in [3.05, 3.63) is 0 Å². The van der Waals surface area contributed by atoms with Crippen LogP contribution in [0.3, 0.4) is 0 Å². The third kappa shape index (κ3) is 4.94. The van der Waals surface area contributed by atoms with E-state index in [0.29, 0.717) is 12.3 Å². The molecule has 18 heavy (non-hydrogen) atoms. The maximum Gasteiger partial charge on any atom is 0.240 e. The third-order valence-corrected chi connectivity index (χ3v) is 4.59. The molecule has 0 radical (unpaired) electrons. The molecule has 5 nitrogen and oxygen atoms in total. The van der Waals surface area contributed by atoms with E-state index in [1.54, 1.807) is 11.8 Å². The lowest BCUT2D eigenvalue weighted by atomic mass is 10.2. The standard InChI is InChI=1S/C12H24N2O3S/c1-10(2)6-9-18(16,17)13-11(3)12(15)14-7-4-5-8-14/h10-11,13H,4-9H2,1-3H3. The van der Waals surface area contributed by atoms with Crippen LogP contribution in [0.2, 0.25) is 0 Å². The van der Waals surface area contributed by atoms with Gasteiger partial charge in [-0.2, -0.15) is 0 Å². The van der Waals surface area contributed by atoms with Gasteiger partial charge in [-0.1, -0.05) is 13.8 Å². The molecule has 1 heterocycles. The lowest BCUT2D eigenvalue weighted by Crippen LogP contribution is -2.46. The van der Waals surface area contributed by atoms with Crippen LogP contribution in [0.15, 0.2) is 0 Å². The molecule has 0 aliphatic carbocycles. The van der Waals surface area contributed by atoms with Crippen LogP contribution in [-0.2, 0) is 14.8 Å². The summed E-state index contributed by atoms with van der Waals surface area (Å²) in [5.41, 5.74) is 0. The maximum atomic E-state index is 12.0. The molecule has 1 rings (SSSR count). The monoisotopic (exact) mass is 276 g/mol. The van der Waals surface area contributed by atoms with Gasteiger partial charge in [0.2, 0.25) is 15.9 Å². The van der Waals surface area contributed by atoms with Gasteiger partial charge in [0.05, 0.1) is 11.8 Å². The molecule has 0 spiro atoms. The Morgan fingerprint density at radius 3 is 2.28 bits per heavy atom. The molecule has 0 bridgehead atoms. The first-order valence-corrected chi connectivity index (χ1v) is 8.26. The Morgan fingerprint density at radius 2 is 1.78 bits per heavy atom. The van der Waals surface area contributed by atoms with Crippen LogP contribution in [0, 0.1) is 5.92 Å². The van der Waals surface area contributed by atoms with Crippen molar-refractivity contribution in [1.82, 2.24) is 9.62 Å². The van der Waals surface area contributed by atoms with Crippen molar-refractivity contribution in [1.29, 1.82) is 0 Å². The topological polar surface area (TPSA) is 66.5 Å². The Morgan fingerprint density at radius 1 is 1.22 bits per heavy atom. The zero-order chi connectivity index (χ0) is 13.8. The molecule has 1 fully saturated rings. The second-order valence-corrected chi connectivity index (χ2v) is 7.25. The minimum absolute atomic E-state index is 0.0856. The molecule has 1 N–H and O–H groups in total. The Bertz CT molecular complexity index is 373. The lowest BCUT2D eigenvalue weighted by molar-refractivity contribution is -0.131. The molecule has 1 aliphatic rings. The summed E-state index contributed by atoms with van der Waals surface area (Å²) in [5, 5.41) is 0. The molecule has 1 atom stereocenters. The number of nitrogens with one attached hydrogen (secondary N) is 1. The van der Waals surface area contributed by atoms with Crippen LogP contribution >= 0.6 is 0 Å². The van der Waals surface area contributed by atoms with Crippen LogP contribution in [0.1, 0.15) is 40.0 Å². The quantitative estimate of drug-likeness (QED) is 0.786. The number of carbonyl (C=O) groups excluding carboxylic acids is 1. The normalized spacial score (nSPS) is 18.3. The van der Waals surface area contributed by atoms with Crippen molar-refractivity contribution in [2.24, 2.45) is 5.92 Å². The van der Waals surface area contributed by atoms with Gasteiger partial charge >= 0.3 is 0 Å². The van der Waals surface area contributed by atoms with Crippen LogP contribution in [-0.4, -0.2) is 44.1 Å². The largest absolute Gasteiger partial charge is 0.341 e. The minimum Gasteiger partial charge on any atom is -0.341 e. The van der Waals surface area contributed by atoms with Gasteiger partial charge < -0.3 is 4.90 Å². The van der Waals surface area contributed by atoms with E-state index in [1.165, 1.54) is 0 Å². The molecular formula is C12H24N2O3S. The summed E-state index contributed by atoms with van der Waals surface area (Å²) in [7, 11) is -3.35. The summed E-state index contributed by atoms with van der Waals surface area (Å²) >= 11 is 0. The number of nitrogens with zero attached hydrogens (tertiary/aromatic N) is 1. The number of carbonyl (C=O) groups is 1. The number of rotatable bonds is 6. The first-order valence-electron chi connectivity index (χ1n) is 6.60. The third-order valence-electron chi connectivity index (χ3n) is 3.11. The highest BCUT2D eigenvalue weighted by Gasteiger charge is 2.26. The van der Waals surface area contributed by atoms with Crippen molar-refractivity contribution in [3.8, 4) is 0 Å². The van der Waals surface area contributed by atoms with E-state index < -0.39 is 16.1 Å². The zero-order valence-electron chi connectivity index (χ0n) is 11.5. The Kier molecular flexibility index (Phi) is 5.59. The molecule has 0 saturated carbocycles. The van der Waals surface area contributed by atoms with E-state index in [-0.39, 0.29) is 11.7 Å². The highest BCUT2D eigenvalue weighted by atomic mass is 32.2. The summed E-state index contributed by atoms with van der Waals surface area (Å²) in [6.07, 6.45) is 2.64. The molecular weight excluding hydrogens is 252 g/mol. The van der Waals surface area contributed by atoms with Gasteiger partial charge in [-0.25, -0.2) is 13.1 Å². The van der Waals surface area contributed by atoms with Gasteiger partial charge in [-0.05, 0) is 32.1 Å². The van der Waals surface area contributed by atoms with Gasteiger partial charge in [0.15, 0.2) is 0 Å². The summed E-state index contributed by atoms with van der Waals surface area (Å²) in [4.78, 5) is 13.7. The average molecular weight is 276 g/mol. The van der Waals surface area contributed by atoms with Crippen LogP contribution in [0.4, 0.5) is 0 Å². The fraction of sp³-hybridized carbons (Fsp3) is 0.917. The van der Waals surface area contributed by atoms with Gasteiger partial charge in [-0.15, -0.1) is 0 Å². The SMILES string of the molecule is CC(C)CCS(=O)(=O)NC(C)C(=O)N1CCCC1. The molecule has 1 aliphatic heterocycles. The van der Waals surface area contributed by atoms with E-state index in [4.69, 9.17) is 0 Å². The van der Waals surface area contributed by atoms with Crippen LogP contribution < -0.4 is 4.72 Å². The first-order chi connectivity index (χ1) is 8.32. The molecule has 6 heteroatoms. The molecule has 1 saturated heterocycles. The fourth-order valence-corrected chi connectivity index (χ4v) is 3.52. The first kappa shape index (κ1) is 15.4. The van der Waals surface area contributed by atoms with E-state index >= 15 is 0 Å². The molecule has 0 aromatic rings. The molecule has 1 amide bonds. The summed E-state index contributed by atoms with van der Waals surface area (Å²) in [6, 6.07) is -0.653. The van der Waals surface area contributed by atoms with Crippen LogP contribution in [0.25, 0.3) is 0 Å². The van der Waals surface area contributed by atoms with Crippen molar-refractivity contribution in [2.75, 3.05) is 18.8 Å². The Labute approximate surface area is 110 Å². The Hall–Kier alpha value is -0.620. The number of hydrogen-bond acceptors (Lipinski definition) is 3. The summed E-state index contributed by atoms with van der Waals surface area (Å²) in [5.74, 6) is 0.314. The zero-order valence-corrected chi connectivity index (χ0v) is 12.3. The predicted octanol–water partition coefficient (Wildman–Crippen LogP) is 0.963. The van der Waals surface area contributed by atoms with E-state index in [9.17, 15) is 13.2 Å². The van der Waals surface area contributed by atoms with Crippen molar-refractivity contribution >= 4 is 15.9 Å². The van der Waals surface area contributed by atoms with Crippen molar-refractivity contribution in [3.63, 3.8) is 0 Å². The van der Waals surface area contributed by atoms with Crippen molar-refractivity contribution in [2.45, 2.75) is 46.1 Å². The summed E-state index contributed by atoms with van der Waals surface area (Å²) < 4.78 is 26.0. The van der Waals surface area contributed by atoms with Crippen molar-refractivity contribution < 1.29 is 13.2 Å². The maximum absolute atomic E-state index is 12.0. The lowest BCUT2D eigenvalue weighted by Gasteiger charge is -2.21. The molecule has 0 aromatic carbocycles. The number of sulfonamides is 1. The van der Waals surface area contributed by atoms with E-state index in [2.05, 4.69) is 4.72 Å².